The summed E-state index contributed by atoms with van der Waals surface area (Å²) in [5.41, 5.74) is 0.276. The van der Waals surface area contributed by atoms with Crippen LogP contribution in [0.15, 0.2) is 72.8 Å². The number of esters is 1. The number of ether oxygens (including phenoxy) is 2. The fraction of sp³-hybridized carbons (Fsp3) is 0.241. The second-order valence-corrected chi connectivity index (χ2v) is 9.09. The molecule has 2 N–H and O–H groups in total. The van der Waals surface area contributed by atoms with E-state index in [-0.39, 0.29) is 30.2 Å². The van der Waals surface area contributed by atoms with Crippen molar-refractivity contribution in [3.63, 3.8) is 0 Å². The third-order valence-corrected chi connectivity index (χ3v) is 6.91. The average Bonchev–Trinajstić information content (AvgIpc) is 3.39. The summed E-state index contributed by atoms with van der Waals surface area (Å²) in [6.45, 7) is 2.27. The predicted octanol–water partition coefficient (Wildman–Crippen LogP) is 6.34. The van der Waals surface area contributed by atoms with Gasteiger partial charge in [-0.15, -0.1) is 0 Å². The van der Waals surface area contributed by atoms with Gasteiger partial charge in [-0.1, -0.05) is 66.7 Å². The van der Waals surface area contributed by atoms with E-state index in [1.807, 2.05) is 53.8 Å². The molecule has 9 heteroatoms. The minimum absolute atomic E-state index is 0.0653. The molecule has 0 fully saturated rings. The highest BCUT2D eigenvalue weighted by Gasteiger charge is 2.66. The van der Waals surface area contributed by atoms with Gasteiger partial charge in [0.05, 0.1) is 6.61 Å². The lowest BCUT2D eigenvalue weighted by Gasteiger charge is -2.34. The number of H-pyrrole nitrogens is 1. The Labute approximate surface area is 216 Å². The Hall–Kier alpha value is -4.27. The standard InChI is InChI=1S/C29H25F3N2O4/c1-3-37-26(35)28(29(30,31)32,25-17(2)33-24-15-9-8-14-22(24)25)34-27(36)38-16-23-20-12-6-4-10-18(20)19-11-5-7-13-21(19)23/h4-15,23,33H,3,16H2,1-2H3,(H,34,36)/t28-/m0/s1. The van der Waals surface area contributed by atoms with Crippen LogP contribution in [0.4, 0.5) is 18.0 Å². The number of halogens is 3. The van der Waals surface area contributed by atoms with Crippen LogP contribution in [0.1, 0.15) is 35.2 Å². The van der Waals surface area contributed by atoms with Crippen LogP contribution in [0, 0.1) is 6.92 Å². The molecule has 196 valence electrons. The van der Waals surface area contributed by atoms with Crippen LogP contribution in [0.2, 0.25) is 0 Å². The largest absolute Gasteiger partial charge is 0.464 e. The van der Waals surface area contributed by atoms with E-state index in [0.717, 1.165) is 22.3 Å². The Bertz CT molecular complexity index is 1480. The summed E-state index contributed by atoms with van der Waals surface area (Å²) in [7, 11) is 0. The Morgan fingerprint density at radius 3 is 2.08 bits per heavy atom. The van der Waals surface area contributed by atoms with Crippen LogP contribution in [-0.4, -0.2) is 36.4 Å². The number of benzene rings is 3. The van der Waals surface area contributed by atoms with Crippen LogP contribution in [0.5, 0.6) is 0 Å². The number of para-hydroxylation sites is 1. The number of alkyl carbamates (subject to hydrolysis) is 1. The normalized spacial score (nSPS) is 14.4. The van der Waals surface area contributed by atoms with Gasteiger partial charge in [0, 0.05) is 28.1 Å². The molecule has 6 nitrogen and oxygen atoms in total. The SMILES string of the molecule is CCOC(=O)[C@@](NC(=O)OCC1c2ccccc2-c2ccccc21)(c1c(C)[nH]c2ccccc12)C(F)(F)F. The first-order valence-electron chi connectivity index (χ1n) is 12.1. The molecule has 1 heterocycles. The predicted molar refractivity (Wildman–Crippen MR) is 136 cm³/mol. The maximum atomic E-state index is 14.9. The minimum atomic E-state index is -5.25. The van der Waals surface area contributed by atoms with E-state index < -0.39 is 29.3 Å². The van der Waals surface area contributed by atoms with Gasteiger partial charge in [-0.25, -0.2) is 9.59 Å². The lowest BCUT2D eigenvalue weighted by molar-refractivity contribution is -0.214. The first-order valence-corrected chi connectivity index (χ1v) is 12.1. The summed E-state index contributed by atoms with van der Waals surface area (Å²) >= 11 is 0. The number of fused-ring (bicyclic) bond motifs is 4. The third kappa shape index (κ3) is 3.98. The van der Waals surface area contributed by atoms with Crippen molar-refractivity contribution in [3.05, 3.63) is 95.2 Å². The van der Waals surface area contributed by atoms with E-state index in [1.54, 1.807) is 18.2 Å². The molecule has 1 aliphatic rings. The molecule has 38 heavy (non-hydrogen) atoms. The van der Waals surface area contributed by atoms with Gasteiger partial charge in [0.2, 0.25) is 0 Å². The van der Waals surface area contributed by atoms with Crippen LogP contribution >= 0.6 is 0 Å². The van der Waals surface area contributed by atoms with E-state index in [1.165, 1.54) is 19.9 Å². The van der Waals surface area contributed by atoms with Gasteiger partial charge >= 0.3 is 18.2 Å². The summed E-state index contributed by atoms with van der Waals surface area (Å²) in [4.78, 5) is 29.1. The second-order valence-electron chi connectivity index (χ2n) is 9.09. The summed E-state index contributed by atoms with van der Waals surface area (Å²) in [5, 5.41) is 2.02. The van der Waals surface area contributed by atoms with Crippen molar-refractivity contribution in [2.75, 3.05) is 13.2 Å². The quantitative estimate of drug-likeness (QED) is 0.290. The maximum absolute atomic E-state index is 14.9. The molecule has 5 rings (SSSR count). The van der Waals surface area contributed by atoms with E-state index in [4.69, 9.17) is 9.47 Å². The van der Waals surface area contributed by atoms with Gasteiger partial charge in [0.25, 0.3) is 5.54 Å². The summed E-state index contributed by atoms with van der Waals surface area (Å²) in [6, 6.07) is 21.4. The number of nitrogens with one attached hydrogen (secondary N) is 2. The highest BCUT2D eigenvalue weighted by Crippen LogP contribution is 2.46. The molecular weight excluding hydrogens is 497 g/mol. The Balaban J connectivity index is 1.51. The van der Waals surface area contributed by atoms with Crippen molar-refractivity contribution >= 4 is 23.0 Å². The number of carbonyl (C=O) groups is 2. The number of carbonyl (C=O) groups excluding carboxylic acids is 2. The topological polar surface area (TPSA) is 80.4 Å². The number of rotatable bonds is 6. The van der Waals surface area contributed by atoms with Crippen molar-refractivity contribution in [2.45, 2.75) is 31.5 Å². The van der Waals surface area contributed by atoms with Gasteiger partial charge in [0.1, 0.15) is 6.61 Å². The van der Waals surface area contributed by atoms with E-state index in [9.17, 15) is 22.8 Å². The van der Waals surface area contributed by atoms with Crippen LogP contribution in [-0.2, 0) is 19.8 Å². The highest BCUT2D eigenvalue weighted by molar-refractivity contribution is 5.96. The van der Waals surface area contributed by atoms with E-state index in [2.05, 4.69) is 4.98 Å². The molecular formula is C29H25F3N2O4. The smallest absolute Gasteiger partial charge is 0.427 e. The molecule has 1 amide bonds. The number of aromatic amines is 1. The fourth-order valence-corrected chi connectivity index (χ4v) is 5.33. The Morgan fingerprint density at radius 1 is 0.895 bits per heavy atom. The highest BCUT2D eigenvalue weighted by atomic mass is 19.4. The molecule has 1 atom stereocenters. The van der Waals surface area contributed by atoms with E-state index >= 15 is 0 Å². The van der Waals surface area contributed by atoms with Crippen molar-refractivity contribution in [2.24, 2.45) is 0 Å². The summed E-state index contributed by atoms with van der Waals surface area (Å²) in [5.74, 6) is -2.01. The summed E-state index contributed by atoms with van der Waals surface area (Å²) < 4.78 is 55.1. The number of hydrogen-bond acceptors (Lipinski definition) is 4. The maximum Gasteiger partial charge on any atom is 0.427 e. The molecule has 4 aromatic rings. The molecule has 1 aromatic heterocycles. The van der Waals surface area contributed by atoms with Crippen LogP contribution in [0.25, 0.3) is 22.0 Å². The first kappa shape index (κ1) is 25.4. The fourth-order valence-electron chi connectivity index (χ4n) is 5.33. The molecule has 0 radical (unpaired) electrons. The second kappa shape index (κ2) is 9.55. The van der Waals surface area contributed by atoms with E-state index in [0.29, 0.717) is 5.52 Å². The molecule has 0 spiro atoms. The first-order chi connectivity index (χ1) is 18.2. The zero-order valence-electron chi connectivity index (χ0n) is 20.7. The number of hydrogen-bond donors (Lipinski definition) is 2. The van der Waals surface area contributed by atoms with Gasteiger partial charge in [-0.3, -0.25) is 5.32 Å². The molecule has 0 saturated carbocycles. The Morgan fingerprint density at radius 2 is 1.47 bits per heavy atom. The van der Waals surface area contributed by atoms with Crippen LogP contribution < -0.4 is 5.32 Å². The number of alkyl halides is 3. The minimum Gasteiger partial charge on any atom is -0.464 e. The zero-order valence-corrected chi connectivity index (χ0v) is 20.7. The monoisotopic (exact) mass is 522 g/mol. The van der Waals surface area contributed by atoms with Crippen molar-refractivity contribution in [1.82, 2.24) is 10.3 Å². The third-order valence-electron chi connectivity index (χ3n) is 6.91. The van der Waals surface area contributed by atoms with Crippen molar-refractivity contribution in [1.29, 1.82) is 0 Å². The molecule has 3 aromatic carbocycles. The lowest BCUT2D eigenvalue weighted by Crippen LogP contribution is -2.62. The molecule has 0 aliphatic heterocycles. The summed E-state index contributed by atoms with van der Waals surface area (Å²) in [6.07, 6.45) is -6.64. The van der Waals surface area contributed by atoms with Gasteiger partial charge in [-0.05, 0) is 42.2 Å². The van der Waals surface area contributed by atoms with Crippen LogP contribution in [0.3, 0.4) is 0 Å². The zero-order chi connectivity index (χ0) is 27.1. The average molecular weight is 523 g/mol. The van der Waals surface area contributed by atoms with Gasteiger partial charge in [-0.2, -0.15) is 13.2 Å². The van der Waals surface area contributed by atoms with Gasteiger partial charge < -0.3 is 14.5 Å². The van der Waals surface area contributed by atoms with Crippen molar-refractivity contribution < 1.29 is 32.2 Å². The number of amides is 1. The van der Waals surface area contributed by atoms with Crippen molar-refractivity contribution in [3.8, 4) is 11.1 Å². The molecule has 0 unspecified atom stereocenters. The Kier molecular flexibility index (Phi) is 6.38. The molecule has 0 bridgehead atoms. The van der Waals surface area contributed by atoms with Gasteiger partial charge in [0.15, 0.2) is 0 Å². The molecule has 1 aliphatic carbocycles. The number of aromatic nitrogens is 1. The molecule has 0 saturated heterocycles. The lowest BCUT2D eigenvalue weighted by atomic mass is 9.86. The number of aryl methyl sites for hydroxylation is 1.